The van der Waals surface area contributed by atoms with Crippen molar-refractivity contribution in [3.05, 3.63) is 24.3 Å². The Morgan fingerprint density at radius 1 is 0.556 bits per heavy atom. The van der Waals surface area contributed by atoms with Crippen LogP contribution in [0.15, 0.2) is 24.3 Å². The number of unbranched alkanes of at least 4 members (excludes halogenated alkanes) is 22. The topological polar surface area (TPSA) is 77.1 Å². The molecule has 0 aromatic rings. The van der Waals surface area contributed by atoms with Gasteiger partial charge in [-0.1, -0.05) is 155 Å². The number of hydrogen-bond acceptors (Lipinski definition) is 7. The maximum absolute atomic E-state index is 12.7. The molecule has 0 saturated heterocycles. The maximum Gasteiger partial charge on any atom is 0.306 e. The van der Waals surface area contributed by atoms with E-state index in [2.05, 4.69) is 62.2 Å². The van der Waals surface area contributed by atoms with E-state index >= 15 is 0 Å². The van der Waals surface area contributed by atoms with Gasteiger partial charge >= 0.3 is 11.9 Å². The highest BCUT2D eigenvalue weighted by Crippen LogP contribution is 2.13. The molecule has 54 heavy (non-hydrogen) atoms. The van der Waals surface area contributed by atoms with E-state index in [1.165, 1.54) is 116 Å². The van der Waals surface area contributed by atoms with Crippen molar-refractivity contribution in [3.63, 3.8) is 0 Å². The Morgan fingerprint density at radius 2 is 0.963 bits per heavy atom. The second-order valence-corrected chi connectivity index (χ2v) is 15.4. The minimum Gasteiger partial charge on any atom is -0.470 e. The molecule has 0 aliphatic heterocycles. The molecular formula is C46H86N2O5S. The van der Waals surface area contributed by atoms with Gasteiger partial charge in [0.05, 0.1) is 6.54 Å². The monoisotopic (exact) mass is 779 g/mol. The summed E-state index contributed by atoms with van der Waals surface area (Å²) in [6.45, 7) is 12.2. The normalized spacial score (nSPS) is 12.2. The zero-order valence-electron chi connectivity index (χ0n) is 35.8. The van der Waals surface area contributed by atoms with Gasteiger partial charge in [0.25, 0.3) is 5.17 Å². The number of nitrogens with one attached hydrogen (secondary N) is 1. The van der Waals surface area contributed by atoms with Crippen LogP contribution in [0.25, 0.3) is 0 Å². The molecular weight excluding hydrogens is 693 g/mol. The van der Waals surface area contributed by atoms with Crippen molar-refractivity contribution in [3.8, 4) is 0 Å². The first kappa shape index (κ1) is 52.1. The highest BCUT2D eigenvalue weighted by Gasteiger charge is 2.18. The number of ether oxygens (including phenoxy) is 3. The molecule has 1 unspecified atom stereocenters. The second kappa shape index (κ2) is 42.2. The third-order valence-corrected chi connectivity index (χ3v) is 10.3. The Bertz CT molecular complexity index is 908. The lowest BCUT2D eigenvalue weighted by Crippen LogP contribution is -2.39. The third kappa shape index (κ3) is 38.3. The summed E-state index contributed by atoms with van der Waals surface area (Å²) >= 11 is 5.36. The minimum absolute atomic E-state index is 0.0110. The number of rotatable bonds is 40. The van der Waals surface area contributed by atoms with Crippen LogP contribution in [0.2, 0.25) is 0 Å². The SMILES string of the molecule is CCCCCCCCC=CCCCCCCCC(=O)OCC(CNC(=S)OCCN(CC)CC)OC(=O)CCCCCCCC=CCCCCCCCC. The highest BCUT2D eigenvalue weighted by atomic mass is 32.1. The van der Waals surface area contributed by atoms with Crippen LogP contribution in [0.1, 0.15) is 207 Å². The fourth-order valence-corrected chi connectivity index (χ4v) is 6.54. The summed E-state index contributed by atoms with van der Waals surface area (Å²) in [4.78, 5) is 27.6. The summed E-state index contributed by atoms with van der Waals surface area (Å²) in [6, 6.07) is 0. The number of likely N-dealkylation sites (N-methyl/N-ethyl adjacent to an activating group) is 1. The Hall–Kier alpha value is -1.93. The molecule has 1 N–H and O–H groups in total. The van der Waals surface area contributed by atoms with E-state index in [-0.39, 0.29) is 30.3 Å². The van der Waals surface area contributed by atoms with Crippen molar-refractivity contribution < 1.29 is 23.8 Å². The summed E-state index contributed by atoms with van der Waals surface area (Å²) in [6.07, 6.45) is 41.1. The molecule has 0 fully saturated rings. The van der Waals surface area contributed by atoms with Gasteiger partial charge in [0, 0.05) is 19.4 Å². The van der Waals surface area contributed by atoms with Gasteiger partial charge < -0.3 is 24.4 Å². The molecule has 0 saturated carbocycles. The van der Waals surface area contributed by atoms with Crippen LogP contribution >= 0.6 is 12.2 Å². The van der Waals surface area contributed by atoms with Crippen LogP contribution in [0.3, 0.4) is 0 Å². The number of allylic oxidation sites excluding steroid dienone is 4. The predicted molar refractivity (Wildman–Crippen MR) is 234 cm³/mol. The predicted octanol–water partition coefficient (Wildman–Crippen LogP) is 12.7. The van der Waals surface area contributed by atoms with Gasteiger partial charge in [-0.3, -0.25) is 9.59 Å². The number of carbonyl (C=O) groups excluding carboxylic acids is 2. The van der Waals surface area contributed by atoms with Crippen molar-refractivity contribution in [2.75, 3.05) is 39.4 Å². The molecule has 0 bridgehead atoms. The Morgan fingerprint density at radius 3 is 1.41 bits per heavy atom. The van der Waals surface area contributed by atoms with Gasteiger partial charge in [0.1, 0.15) is 13.2 Å². The zero-order chi connectivity index (χ0) is 39.6. The van der Waals surface area contributed by atoms with Crippen LogP contribution in [-0.4, -0.2) is 67.5 Å². The molecule has 0 spiro atoms. The van der Waals surface area contributed by atoms with Crippen molar-refractivity contribution >= 4 is 29.3 Å². The van der Waals surface area contributed by atoms with Crippen LogP contribution < -0.4 is 5.32 Å². The van der Waals surface area contributed by atoms with Crippen molar-refractivity contribution in [1.29, 1.82) is 0 Å². The van der Waals surface area contributed by atoms with Gasteiger partial charge in [-0.15, -0.1) is 0 Å². The average molecular weight is 779 g/mol. The summed E-state index contributed by atoms with van der Waals surface area (Å²) in [5.74, 6) is -0.509. The Balaban J connectivity index is 4.31. The molecule has 0 amide bonds. The van der Waals surface area contributed by atoms with Crippen LogP contribution in [0.4, 0.5) is 0 Å². The number of hydrogen-bond donors (Lipinski definition) is 1. The van der Waals surface area contributed by atoms with Crippen molar-refractivity contribution in [2.24, 2.45) is 0 Å². The summed E-state index contributed by atoms with van der Waals surface area (Å²) < 4.78 is 17.0. The lowest BCUT2D eigenvalue weighted by molar-refractivity contribution is -0.158. The summed E-state index contributed by atoms with van der Waals surface area (Å²) in [5, 5.41) is 3.32. The molecule has 8 heteroatoms. The average Bonchev–Trinajstić information content (AvgIpc) is 3.17. The van der Waals surface area contributed by atoms with E-state index < -0.39 is 6.10 Å². The first-order valence-corrected chi connectivity index (χ1v) is 23.1. The number of nitrogens with zero attached hydrogens (tertiary/aromatic N) is 1. The number of esters is 2. The molecule has 0 aliphatic carbocycles. The Labute approximate surface area is 339 Å². The first-order chi connectivity index (χ1) is 26.5. The molecule has 0 aromatic carbocycles. The van der Waals surface area contributed by atoms with Gasteiger partial charge in [-0.05, 0) is 89.5 Å². The third-order valence-electron chi connectivity index (χ3n) is 10.0. The van der Waals surface area contributed by atoms with E-state index in [0.717, 1.165) is 71.0 Å². The highest BCUT2D eigenvalue weighted by molar-refractivity contribution is 7.80. The number of carbonyl (C=O) groups is 2. The summed E-state index contributed by atoms with van der Waals surface area (Å²) in [7, 11) is 0. The smallest absolute Gasteiger partial charge is 0.306 e. The van der Waals surface area contributed by atoms with Crippen molar-refractivity contribution in [1.82, 2.24) is 10.2 Å². The molecule has 0 aliphatic rings. The van der Waals surface area contributed by atoms with Crippen molar-refractivity contribution in [2.45, 2.75) is 214 Å². The minimum atomic E-state index is -0.622. The van der Waals surface area contributed by atoms with Crippen LogP contribution in [0, 0.1) is 0 Å². The maximum atomic E-state index is 12.7. The van der Waals surface area contributed by atoms with Crippen LogP contribution in [0.5, 0.6) is 0 Å². The molecule has 0 aromatic heterocycles. The van der Waals surface area contributed by atoms with Gasteiger partial charge in [-0.2, -0.15) is 0 Å². The molecule has 0 radical (unpaired) electrons. The largest absolute Gasteiger partial charge is 0.470 e. The molecule has 0 heterocycles. The van der Waals surface area contributed by atoms with E-state index in [4.69, 9.17) is 26.4 Å². The van der Waals surface area contributed by atoms with Crippen LogP contribution in [-0.2, 0) is 23.8 Å². The zero-order valence-corrected chi connectivity index (χ0v) is 36.6. The first-order valence-electron chi connectivity index (χ1n) is 22.7. The van der Waals surface area contributed by atoms with E-state index in [9.17, 15) is 9.59 Å². The van der Waals surface area contributed by atoms with E-state index in [1.807, 2.05) is 0 Å². The van der Waals surface area contributed by atoms with Gasteiger partial charge in [0.2, 0.25) is 0 Å². The van der Waals surface area contributed by atoms with Gasteiger partial charge in [0.15, 0.2) is 6.10 Å². The fraction of sp³-hybridized carbons (Fsp3) is 0.848. The van der Waals surface area contributed by atoms with E-state index in [1.54, 1.807) is 0 Å². The standard InChI is InChI=1S/C46H86N2O5S/c1-5-9-11-13-15-17-19-21-23-25-27-29-31-33-35-37-44(49)52-42-43(41-47-46(54)51-40-39-48(7-3)8-4)53-45(50)38-36-34-32-30-28-26-24-22-20-18-16-14-12-10-6-2/h21-24,43H,5-20,25-42H2,1-4H3,(H,47,54). The van der Waals surface area contributed by atoms with E-state index in [0.29, 0.717) is 19.4 Å². The number of thiocarbonyl (C=S) groups is 1. The second-order valence-electron chi connectivity index (χ2n) is 15.0. The molecule has 0 rings (SSSR count). The van der Waals surface area contributed by atoms with Gasteiger partial charge in [-0.25, -0.2) is 0 Å². The summed E-state index contributed by atoms with van der Waals surface area (Å²) in [5.41, 5.74) is 0. The fourth-order valence-electron chi connectivity index (χ4n) is 6.37. The molecule has 7 nitrogen and oxygen atoms in total. The molecule has 316 valence electrons. The lowest BCUT2D eigenvalue weighted by atomic mass is 10.1. The Kier molecular flexibility index (Phi) is 40.7. The lowest BCUT2D eigenvalue weighted by Gasteiger charge is -2.21. The quantitative estimate of drug-likeness (QED) is 0.0285. The molecule has 1 atom stereocenters.